The van der Waals surface area contributed by atoms with Gasteiger partial charge in [0.05, 0.1) is 17.7 Å². The Balaban J connectivity index is -0.000000170. The Bertz CT molecular complexity index is 562. The molecule has 31 heavy (non-hydrogen) atoms. The van der Waals surface area contributed by atoms with Gasteiger partial charge in [0.25, 0.3) is 0 Å². The molecule has 0 spiro atoms. The summed E-state index contributed by atoms with van der Waals surface area (Å²) in [6.45, 7) is 5.37. The summed E-state index contributed by atoms with van der Waals surface area (Å²) in [6, 6.07) is 0. The molecule has 2 rings (SSSR count). The molecule has 1 fully saturated rings. The van der Waals surface area contributed by atoms with E-state index in [0.29, 0.717) is 22.0 Å². The molecular weight excluding hydrogens is 681 g/mol. The van der Waals surface area contributed by atoms with Gasteiger partial charge < -0.3 is 31.6 Å². The van der Waals surface area contributed by atoms with Gasteiger partial charge in [-0.05, 0) is 24.7 Å². The van der Waals surface area contributed by atoms with Gasteiger partial charge in [-0.1, -0.05) is 43.7 Å². The van der Waals surface area contributed by atoms with Gasteiger partial charge in [0.15, 0.2) is 0 Å². The van der Waals surface area contributed by atoms with Crippen molar-refractivity contribution in [1.29, 1.82) is 0 Å². The zero-order valence-corrected chi connectivity index (χ0v) is 28.8. The molecule has 0 saturated heterocycles. The summed E-state index contributed by atoms with van der Waals surface area (Å²) in [5.74, 6) is -0.562. The summed E-state index contributed by atoms with van der Waals surface area (Å²) >= 11 is 4.44. The number of carbonyl (C=O) groups is 3. The normalized spacial score (nSPS) is 13.8. The Morgan fingerprint density at radius 1 is 0.839 bits per heavy atom. The van der Waals surface area contributed by atoms with Gasteiger partial charge in [-0.3, -0.25) is 0 Å². The average molecular weight is 709 g/mol. The Morgan fingerprint density at radius 2 is 1.26 bits per heavy atom. The zero-order chi connectivity index (χ0) is 21.4. The minimum atomic E-state index is -0.544. The van der Waals surface area contributed by atoms with Gasteiger partial charge >= 0.3 is 0 Å². The molecule has 0 atom stereocenters. The van der Waals surface area contributed by atoms with Gasteiger partial charge in [0.1, 0.15) is 0 Å². The van der Waals surface area contributed by atoms with E-state index in [-0.39, 0.29) is 104 Å². The number of nitrogens with one attached hydrogen (secondary N) is 3. The fraction of sp³-hybridized carbons (Fsp3) is 0.526. The average Bonchev–Trinajstić information content (AvgIpc) is 3.31. The number of hydrogen-bond acceptors (Lipinski definition) is 6. The Morgan fingerprint density at radius 3 is 1.61 bits per heavy atom. The second-order valence-corrected chi connectivity index (χ2v) is 9.75. The molecule has 3 amide bonds. The first kappa shape index (κ1) is 40.2. The van der Waals surface area contributed by atoms with Crippen LogP contribution in [0.1, 0.15) is 32.6 Å². The van der Waals surface area contributed by atoms with Crippen molar-refractivity contribution in [3.05, 3.63) is 53.0 Å². The van der Waals surface area contributed by atoms with Gasteiger partial charge in [0, 0.05) is 126 Å². The van der Waals surface area contributed by atoms with E-state index >= 15 is 0 Å². The third-order valence-electron chi connectivity index (χ3n) is 3.32. The summed E-state index contributed by atoms with van der Waals surface area (Å²) < 4.78 is 0. The molecule has 3 N–H and O–H groups in total. The molecule has 2 aliphatic rings. The predicted molar refractivity (Wildman–Crippen MR) is 124 cm³/mol. The summed E-state index contributed by atoms with van der Waals surface area (Å²) in [4.78, 5) is 31.3. The molecule has 3 radical (unpaired) electrons. The number of hydrogen-bond donors (Lipinski definition) is 0. The number of allylic oxidation sites excluding steroid dienone is 3. The van der Waals surface area contributed by atoms with E-state index in [2.05, 4.69) is 6.58 Å². The summed E-state index contributed by atoms with van der Waals surface area (Å²) in [6.07, 6.45) is 13.0. The Hall–Kier alpha value is 1.99. The fourth-order valence-corrected chi connectivity index (χ4v) is 4.31. The van der Waals surface area contributed by atoms with Crippen LogP contribution >= 0.6 is 35.3 Å². The first-order valence-electron chi connectivity index (χ1n) is 8.80. The molecule has 12 heteroatoms. The molecule has 6 nitrogen and oxygen atoms in total. The number of rotatable bonds is 9. The maximum absolute atomic E-state index is 10.2. The summed E-state index contributed by atoms with van der Waals surface area (Å²) in [5.41, 5.74) is 19.8. The van der Waals surface area contributed by atoms with E-state index in [1.54, 1.807) is 11.8 Å². The molecule has 0 unspecified atom stereocenters. The predicted octanol–water partition coefficient (Wildman–Crippen LogP) is 5.86. The number of thioether (sulfide) groups is 3. The van der Waals surface area contributed by atoms with Crippen LogP contribution in [-0.4, -0.2) is 45.5 Å². The molecule has 0 aromatic heterocycles. The van der Waals surface area contributed by atoms with Crippen LogP contribution in [0.15, 0.2) is 35.8 Å². The zero-order valence-electron chi connectivity index (χ0n) is 17.8. The van der Waals surface area contributed by atoms with Crippen molar-refractivity contribution in [2.75, 3.05) is 17.3 Å². The van der Waals surface area contributed by atoms with Gasteiger partial charge in [-0.15, -0.1) is 23.5 Å². The Kier molecular flexibility index (Phi) is 34.5. The summed E-state index contributed by atoms with van der Waals surface area (Å²) in [5, 5.41) is 0.989. The second kappa shape index (κ2) is 26.6. The van der Waals surface area contributed by atoms with Crippen LogP contribution in [0.25, 0.3) is 17.2 Å². The van der Waals surface area contributed by atoms with Crippen LogP contribution in [0.5, 0.6) is 0 Å². The molecular formula is C19H28N3O3S3Y3-3. The van der Waals surface area contributed by atoms with Crippen LogP contribution in [-0.2, 0) is 113 Å². The largest absolute Gasteiger partial charge is 0.667 e. The minimum absolute atomic E-state index is 0. The first-order chi connectivity index (χ1) is 13.2. The van der Waals surface area contributed by atoms with Crippen molar-refractivity contribution < 1.29 is 113 Å². The van der Waals surface area contributed by atoms with Crippen molar-refractivity contribution in [3.63, 3.8) is 0 Å². The molecule has 0 aliphatic heterocycles. The van der Waals surface area contributed by atoms with Crippen molar-refractivity contribution >= 4 is 53.0 Å². The van der Waals surface area contributed by atoms with Crippen LogP contribution in [0, 0.1) is 0 Å². The van der Waals surface area contributed by atoms with E-state index in [0.717, 1.165) is 4.91 Å². The molecule has 167 valence electrons. The number of carbonyl (C=O) groups excluding carboxylic acids is 3. The van der Waals surface area contributed by atoms with E-state index in [9.17, 15) is 14.4 Å². The van der Waals surface area contributed by atoms with Crippen LogP contribution in [0.3, 0.4) is 0 Å². The third kappa shape index (κ3) is 30.0. The van der Waals surface area contributed by atoms with E-state index in [1.807, 2.05) is 31.2 Å². The van der Waals surface area contributed by atoms with Crippen molar-refractivity contribution in [2.24, 2.45) is 0 Å². The molecule has 0 heterocycles. The monoisotopic (exact) mass is 709 g/mol. The second-order valence-electron chi connectivity index (χ2n) is 6.02. The molecule has 0 aromatic carbocycles. The van der Waals surface area contributed by atoms with Crippen molar-refractivity contribution in [3.8, 4) is 0 Å². The molecule has 2 aliphatic carbocycles. The molecule has 1 saturated carbocycles. The van der Waals surface area contributed by atoms with Crippen LogP contribution in [0.4, 0.5) is 0 Å². The van der Waals surface area contributed by atoms with Crippen molar-refractivity contribution in [2.45, 2.75) is 43.1 Å². The van der Waals surface area contributed by atoms with Crippen molar-refractivity contribution in [1.82, 2.24) is 0 Å². The van der Waals surface area contributed by atoms with Crippen LogP contribution < -0.4 is 0 Å². The van der Waals surface area contributed by atoms with Gasteiger partial charge in [-0.25, -0.2) is 0 Å². The maximum Gasteiger partial charge on any atom is 0.0592 e. The van der Waals surface area contributed by atoms with E-state index < -0.39 is 17.7 Å². The van der Waals surface area contributed by atoms with Crippen LogP contribution in [0.2, 0.25) is 0 Å². The Labute approximate surface area is 274 Å². The molecule has 0 bridgehead atoms. The standard InChI is InChI=1S/C7H13NOS.C7H9NOS.C5H9NOS.3Y/c2*8-7(9)5-10-6-3-1-2-4-6;1-4(2)8-3-5(6)7;;;/h6H,1-5H2,(H2,8,9);1-4,6H,5H2,(H2,8,9);1,3H2,2H3,(H2,6,7);;;/p-3. The maximum atomic E-state index is 10.2. The number of amides is 3. The van der Waals surface area contributed by atoms with E-state index in [4.69, 9.17) is 17.2 Å². The fourth-order valence-electron chi connectivity index (χ4n) is 2.13. The van der Waals surface area contributed by atoms with E-state index in [1.165, 1.54) is 49.2 Å². The smallest absolute Gasteiger partial charge is 0.0592 e. The SMILES string of the molecule is C=C(C)SCC([NH-])=O.[NH-]C(=O)CSC1C=CC=C1.[NH-]C(=O)CSC1CCCC1.[Y].[Y].[Y]. The third-order valence-corrected chi connectivity index (χ3v) is 6.72. The van der Waals surface area contributed by atoms with Gasteiger partial charge in [-0.2, -0.15) is 11.8 Å². The minimum Gasteiger partial charge on any atom is -0.667 e. The molecule has 0 aromatic rings. The quantitative estimate of drug-likeness (QED) is 0.296. The van der Waals surface area contributed by atoms with Gasteiger partial charge in [0.2, 0.25) is 0 Å². The first-order valence-corrected chi connectivity index (χ1v) is 11.9. The summed E-state index contributed by atoms with van der Waals surface area (Å²) in [7, 11) is 0. The topological polar surface area (TPSA) is 123 Å².